The Hall–Kier alpha value is -1.76. The SMILES string of the molecule is Cc1ccc2c(c1)[C@]1(C)CCCC[C@]1(c1ccccc1)N2C. The zero-order valence-corrected chi connectivity index (χ0v) is 13.9. The summed E-state index contributed by atoms with van der Waals surface area (Å²) in [7, 11) is 2.30. The molecule has 0 saturated heterocycles. The Morgan fingerprint density at radius 1 is 0.955 bits per heavy atom. The average molecular weight is 291 g/mol. The van der Waals surface area contributed by atoms with Crippen molar-refractivity contribution in [1.29, 1.82) is 0 Å². The van der Waals surface area contributed by atoms with Gasteiger partial charge in [-0.05, 0) is 37.0 Å². The van der Waals surface area contributed by atoms with E-state index >= 15 is 0 Å². The Balaban J connectivity index is 2.01. The molecule has 1 nitrogen and oxygen atoms in total. The van der Waals surface area contributed by atoms with E-state index in [1.807, 2.05) is 0 Å². The fourth-order valence-corrected chi connectivity index (χ4v) is 5.20. The molecule has 1 aliphatic carbocycles. The van der Waals surface area contributed by atoms with Crippen LogP contribution in [-0.4, -0.2) is 7.05 Å². The first-order valence-electron chi connectivity index (χ1n) is 8.50. The summed E-state index contributed by atoms with van der Waals surface area (Å²) in [6.07, 6.45) is 5.19. The highest BCUT2D eigenvalue weighted by molar-refractivity contribution is 5.69. The molecule has 2 aromatic rings. The molecule has 22 heavy (non-hydrogen) atoms. The number of fused-ring (bicyclic) bond motifs is 3. The lowest BCUT2D eigenvalue weighted by Gasteiger charge is -2.52. The van der Waals surface area contributed by atoms with Crippen LogP contribution in [0.25, 0.3) is 0 Å². The maximum atomic E-state index is 2.58. The summed E-state index contributed by atoms with van der Waals surface area (Å²) < 4.78 is 0. The van der Waals surface area contributed by atoms with Crippen LogP contribution in [0.15, 0.2) is 48.5 Å². The van der Waals surface area contributed by atoms with Crippen molar-refractivity contribution >= 4 is 5.69 Å². The first-order chi connectivity index (χ1) is 10.6. The van der Waals surface area contributed by atoms with Crippen LogP contribution in [0.1, 0.15) is 49.3 Å². The molecule has 2 aromatic carbocycles. The maximum absolute atomic E-state index is 2.58. The quantitative estimate of drug-likeness (QED) is 0.700. The van der Waals surface area contributed by atoms with Gasteiger partial charge in [0.15, 0.2) is 0 Å². The van der Waals surface area contributed by atoms with Crippen LogP contribution in [0.4, 0.5) is 5.69 Å². The molecule has 0 bridgehead atoms. The number of benzene rings is 2. The second-order valence-electron chi connectivity index (χ2n) is 7.35. The minimum atomic E-state index is 0.114. The van der Waals surface area contributed by atoms with Crippen LogP contribution in [0.5, 0.6) is 0 Å². The van der Waals surface area contributed by atoms with E-state index in [2.05, 4.69) is 74.3 Å². The lowest BCUT2D eigenvalue weighted by Crippen LogP contribution is -2.54. The van der Waals surface area contributed by atoms with Gasteiger partial charge in [0.2, 0.25) is 0 Å². The summed E-state index contributed by atoms with van der Waals surface area (Å²) in [5.41, 5.74) is 6.17. The van der Waals surface area contributed by atoms with E-state index in [0.717, 1.165) is 0 Å². The molecule has 0 amide bonds. The third-order valence-corrected chi connectivity index (χ3v) is 6.31. The highest BCUT2D eigenvalue weighted by atomic mass is 15.2. The van der Waals surface area contributed by atoms with E-state index in [-0.39, 0.29) is 11.0 Å². The van der Waals surface area contributed by atoms with E-state index in [4.69, 9.17) is 0 Å². The molecule has 0 aromatic heterocycles. The number of hydrogen-bond acceptors (Lipinski definition) is 1. The Kier molecular flexibility index (Phi) is 2.91. The monoisotopic (exact) mass is 291 g/mol. The number of likely N-dealkylation sites (N-methyl/N-ethyl adjacent to an activating group) is 1. The summed E-state index contributed by atoms with van der Waals surface area (Å²) >= 11 is 0. The molecule has 114 valence electrons. The first kappa shape index (κ1) is 13.9. The maximum Gasteiger partial charge on any atom is 0.0745 e. The van der Waals surface area contributed by atoms with E-state index < -0.39 is 0 Å². The highest BCUT2D eigenvalue weighted by Crippen LogP contribution is 2.62. The van der Waals surface area contributed by atoms with E-state index in [1.165, 1.54) is 42.5 Å². The molecule has 0 radical (unpaired) electrons. The van der Waals surface area contributed by atoms with Crippen LogP contribution in [0.2, 0.25) is 0 Å². The standard InChI is InChI=1S/C21H25N/c1-16-11-12-19-18(15-16)20(2)13-7-8-14-21(20,22(19)3)17-9-5-4-6-10-17/h4-6,9-12,15H,7-8,13-14H2,1-3H3/t20-,21+/m0/s1. The van der Waals surface area contributed by atoms with Gasteiger partial charge < -0.3 is 4.90 Å². The van der Waals surface area contributed by atoms with Gasteiger partial charge in [-0.15, -0.1) is 0 Å². The summed E-state index contributed by atoms with van der Waals surface area (Å²) in [5, 5.41) is 0. The van der Waals surface area contributed by atoms with Gasteiger partial charge in [-0.2, -0.15) is 0 Å². The van der Waals surface area contributed by atoms with Crippen LogP contribution in [0.3, 0.4) is 0 Å². The zero-order chi connectivity index (χ0) is 15.4. The van der Waals surface area contributed by atoms with Gasteiger partial charge in [-0.1, -0.05) is 67.8 Å². The third-order valence-electron chi connectivity index (χ3n) is 6.31. The Labute approximate surface area is 134 Å². The van der Waals surface area contributed by atoms with E-state index in [0.29, 0.717) is 0 Å². The van der Waals surface area contributed by atoms with Crippen LogP contribution >= 0.6 is 0 Å². The largest absolute Gasteiger partial charge is 0.364 e. The number of nitrogens with zero attached hydrogens (tertiary/aromatic N) is 1. The van der Waals surface area contributed by atoms with Crippen LogP contribution in [0, 0.1) is 6.92 Å². The van der Waals surface area contributed by atoms with Gasteiger partial charge in [-0.3, -0.25) is 0 Å². The lowest BCUT2D eigenvalue weighted by atomic mass is 9.58. The molecular formula is C21H25N. The second-order valence-corrected chi connectivity index (χ2v) is 7.35. The molecule has 1 fully saturated rings. The molecular weight excluding hydrogens is 266 g/mol. The number of hydrogen-bond donors (Lipinski definition) is 0. The normalized spacial score (nSPS) is 30.0. The molecule has 1 heterocycles. The summed E-state index contributed by atoms with van der Waals surface area (Å²) in [6.45, 7) is 4.72. The van der Waals surface area contributed by atoms with Crippen LogP contribution in [-0.2, 0) is 11.0 Å². The van der Waals surface area contributed by atoms with E-state index in [9.17, 15) is 0 Å². The van der Waals surface area contributed by atoms with Crippen molar-refractivity contribution in [2.45, 2.75) is 50.5 Å². The molecule has 2 aliphatic rings. The number of rotatable bonds is 1. The lowest BCUT2D eigenvalue weighted by molar-refractivity contribution is 0.171. The molecule has 1 heteroatoms. The van der Waals surface area contributed by atoms with Gasteiger partial charge in [0.25, 0.3) is 0 Å². The van der Waals surface area contributed by atoms with Gasteiger partial charge in [-0.25, -0.2) is 0 Å². The van der Waals surface area contributed by atoms with Gasteiger partial charge in [0.1, 0.15) is 0 Å². The average Bonchev–Trinajstić information content (AvgIpc) is 2.74. The Bertz CT molecular complexity index is 705. The van der Waals surface area contributed by atoms with Gasteiger partial charge in [0.05, 0.1) is 5.54 Å². The van der Waals surface area contributed by atoms with Crippen molar-refractivity contribution in [2.75, 3.05) is 11.9 Å². The predicted molar refractivity (Wildman–Crippen MR) is 93.5 cm³/mol. The molecule has 1 saturated carbocycles. The second kappa shape index (κ2) is 4.62. The molecule has 1 aliphatic heterocycles. The van der Waals surface area contributed by atoms with Crippen molar-refractivity contribution < 1.29 is 0 Å². The predicted octanol–water partition coefficient (Wildman–Crippen LogP) is 5.17. The van der Waals surface area contributed by atoms with Gasteiger partial charge in [0, 0.05) is 18.2 Å². The Morgan fingerprint density at radius 2 is 1.68 bits per heavy atom. The molecule has 0 spiro atoms. The van der Waals surface area contributed by atoms with Gasteiger partial charge >= 0.3 is 0 Å². The third kappa shape index (κ3) is 1.54. The van der Waals surface area contributed by atoms with E-state index in [1.54, 1.807) is 5.56 Å². The Morgan fingerprint density at radius 3 is 2.45 bits per heavy atom. The van der Waals surface area contributed by atoms with Crippen molar-refractivity contribution in [1.82, 2.24) is 0 Å². The molecule has 2 atom stereocenters. The van der Waals surface area contributed by atoms with Crippen molar-refractivity contribution in [2.24, 2.45) is 0 Å². The van der Waals surface area contributed by atoms with Crippen LogP contribution < -0.4 is 4.90 Å². The minimum Gasteiger partial charge on any atom is -0.364 e. The fraction of sp³-hybridized carbons (Fsp3) is 0.429. The number of anilines is 1. The minimum absolute atomic E-state index is 0.114. The fourth-order valence-electron chi connectivity index (χ4n) is 5.20. The highest BCUT2D eigenvalue weighted by Gasteiger charge is 2.59. The zero-order valence-electron chi connectivity index (χ0n) is 13.9. The molecule has 0 N–H and O–H groups in total. The first-order valence-corrected chi connectivity index (χ1v) is 8.50. The molecule has 4 rings (SSSR count). The topological polar surface area (TPSA) is 3.24 Å². The smallest absolute Gasteiger partial charge is 0.0745 e. The number of aryl methyl sites for hydroxylation is 1. The van der Waals surface area contributed by atoms with Crippen molar-refractivity contribution in [3.63, 3.8) is 0 Å². The summed E-state index contributed by atoms with van der Waals surface area (Å²) in [5.74, 6) is 0. The van der Waals surface area contributed by atoms with Crippen molar-refractivity contribution in [3.05, 3.63) is 65.2 Å². The molecule has 0 unspecified atom stereocenters. The summed E-state index contributed by atoms with van der Waals surface area (Å²) in [4.78, 5) is 2.58. The van der Waals surface area contributed by atoms with Crippen molar-refractivity contribution in [3.8, 4) is 0 Å². The summed E-state index contributed by atoms with van der Waals surface area (Å²) in [6, 6.07) is 18.2.